The van der Waals surface area contributed by atoms with E-state index in [1.54, 1.807) is 0 Å². The maximum atomic E-state index is 5.67. The lowest BCUT2D eigenvalue weighted by Crippen LogP contribution is -2.29. The van der Waals surface area contributed by atoms with Crippen LogP contribution in [0.1, 0.15) is 35.3 Å². The van der Waals surface area contributed by atoms with Gasteiger partial charge >= 0.3 is 0 Å². The third kappa shape index (κ3) is 3.63. The van der Waals surface area contributed by atoms with Crippen LogP contribution in [0.15, 0.2) is 42.6 Å². The van der Waals surface area contributed by atoms with Crippen LogP contribution in [0, 0.1) is 6.92 Å². The SMILES string of the molecule is CCc1ccc(CC(NN)c2ccc(C)nc2)cc1. The van der Waals surface area contributed by atoms with Gasteiger partial charge in [-0.25, -0.2) is 0 Å². The number of benzene rings is 1. The summed E-state index contributed by atoms with van der Waals surface area (Å²) in [6.45, 7) is 4.15. The van der Waals surface area contributed by atoms with Gasteiger partial charge < -0.3 is 0 Å². The maximum Gasteiger partial charge on any atom is 0.0515 e. The first-order chi connectivity index (χ1) is 9.22. The number of aromatic nitrogens is 1. The van der Waals surface area contributed by atoms with Crippen molar-refractivity contribution in [3.05, 3.63) is 65.0 Å². The second-order valence-corrected chi connectivity index (χ2v) is 4.83. The first-order valence-electron chi connectivity index (χ1n) is 6.69. The summed E-state index contributed by atoms with van der Waals surface area (Å²) in [5.74, 6) is 5.67. The smallest absolute Gasteiger partial charge is 0.0515 e. The van der Waals surface area contributed by atoms with E-state index in [2.05, 4.69) is 47.7 Å². The molecule has 0 radical (unpaired) electrons. The second-order valence-electron chi connectivity index (χ2n) is 4.83. The molecule has 0 spiro atoms. The molecule has 19 heavy (non-hydrogen) atoms. The van der Waals surface area contributed by atoms with E-state index in [1.807, 2.05) is 19.2 Å². The molecule has 0 amide bonds. The van der Waals surface area contributed by atoms with Crippen LogP contribution in [0.3, 0.4) is 0 Å². The Labute approximate surface area is 114 Å². The maximum absolute atomic E-state index is 5.67. The van der Waals surface area contributed by atoms with E-state index >= 15 is 0 Å². The third-order valence-electron chi connectivity index (χ3n) is 3.41. The van der Waals surface area contributed by atoms with Crippen LogP contribution in [-0.2, 0) is 12.8 Å². The van der Waals surface area contributed by atoms with Gasteiger partial charge in [0.15, 0.2) is 0 Å². The van der Waals surface area contributed by atoms with Crippen molar-refractivity contribution in [1.29, 1.82) is 0 Å². The highest BCUT2D eigenvalue weighted by Crippen LogP contribution is 2.17. The fraction of sp³-hybridized carbons (Fsp3) is 0.312. The van der Waals surface area contributed by atoms with E-state index in [0.29, 0.717) is 0 Å². The summed E-state index contributed by atoms with van der Waals surface area (Å²) in [5, 5.41) is 0. The molecule has 100 valence electrons. The van der Waals surface area contributed by atoms with Crippen molar-refractivity contribution in [2.45, 2.75) is 32.7 Å². The summed E-state index contributed by atoms with van der Waals surface area (Å²) in [6, 6.07) is 12.9. The molecular formula is C16H21N3. The number of rotatable bonds is 5. The van der Waals surface area contributed by atoms with E-state index in [-0.39, 0.29) is 6.04 Å². The number of nitrogens with zero attached hydrogens (tertiary/aromatic N) is 1. The molecule has 0 aliphatic rings. The monoisotopic (exact) mass is 255 g/mol. The first-order valence-corrected chi connectivity index (χ1v) is 6.69. The zero-order valence-corrected chi connectivity index (χ0v) is 11.6. The van der Waals surface area contributed by atoms with Crippen molar-refractivity contribution in [2.24, 2.45) is 5.84 Å². The molecule has 2 aromatic rings. The van der Waals surface area contributed by atoms with E-state index in [4.69, 9.17) is 5.84 Å². The molecular weight excluding hydrogens is 234 g/mol. The summed E-state index contributed by atoms with van der Waals surface area (Å²) in [7, 11) is 0. The van der Waals surface area contributed by atoms with Gasteiger partial charge in [0.2, 0.25) is 0 Å². The highest BCUT2D eigenvalue weighted by Gasteiger charge is 2.10. The predicted molar refractivity (Wildman–Crippen MR) is 78.6 cm³/mol. The summed E-state index contributed by atoms with van der Waals surface area (Å²) in [5.41, 5.74) is 7.65. The quantitative estimate of drug-likeness (QED) is 0.638. The fourth-order valence-electron chi connectivity index (χ4n) is 2.11. The average molecular weight is 255 g/mol. The van der Waals surface area contributed by atoms with Crippen molar-refractivity contribution in [3.63, 3.8) is 0 Å². The van der Waals surface area contributed by atoms with Crippen molar-refractivity contribution in [1.82, 2.24) is 10.4 Å². The standard InChI is InChI=1S/C16H21N3/c1-3-13-5-7-14(8-6-13)10-16(19-17)15-9-4-12(2)18-11-15/h4-9,11,16,19H,3,10,17H2,1-2H3. The Kier molecular flexibility index (Phi) is 4.66. The summed E-state index contributed by atoms with van der Waals surface area (Å²) in [6.07, 6.45) is 3.83. The summed E-state index contributed by atoms with van der Waals surface area (Å²) < 4.78 is 0. The Bertz CT molecular complexity index is 503. The van der Waals surface area contributed by atoms with Gasteiger partial charge in [-0.2, -0.15) is 0 Å². The number of hydrogen-bond donors (Lipinski definition) is 2. The third-order valence-corrected chi connectivity index (χ3v) is 3.41. The van der Waals surface area contributed by atoms with Crippen LogP contribution in [0.4, 0.5) is 0 Å². The van der Waals surface area contributed by atoms with Gasteiger partial charge in [0.25, 0.3) is 0 Å². The summed E-state index contributed by atoms with van der Waals surface area (Å²) in [4.78, 5) is 4.32. The van der Waals surface area contributed by atoms with Gasteiger partial charge in [-0.05, 0) is 42.5 Å². The number of nitrogens with one attached hydrogen (secondary N) is 1. The second kappa shape index (κ2) is 6.45. The minimum absolute atomic E-state index is 0.0978. The van der Waals surface area contributed by atoms with Gasteiger partial charge in [-0.3, -0.25) is 16.3 Å². The Balaban J connectivity index is 2.11. The molecule has 2 rings (SSSR count). The molecule has 0 aliphatic carbocycles. The predicted octanol–water partition coefficient (Wildman–Crippen LogP) is 2.70. The van der Waals surface area contributed by atoms with Crippen molar-refractivity contribution < 1.29 is 0 Å². The Hall–Kier alpha value is -1.71. The molecule has 1 aromatic carbocycles. The summed E-state index contributed by atoms with van der Waals surface area (Å²) >= 11 is 0. The van der Waals surface area contributed by atoms with Crippen LogP contribution < -0.4 is 11.3 Å². The molecule has 0 saturated heterocycles. The number of aryl methyl sites for hydroxylation is 2. The molecule has 1 aromatic heterocycles. The number of hydrazine groups is 1. The zero-order chi connectivity index (χ0) is 13.7. The van der Waals surface area contributed by atoms with Gasteiger partial charge in [0, 0.05) is 11.9 Å². The van der Waals surface area contributed by atoms with Crippen LogP contribution in [-0.4, -0.2) is 4.98 Å². The highest BCUT2D eigenvalue weighted by molar-refractivity contribution is 5.26. The molecule has 3 nitrogen and oxygen atoms in total. The normalized spacial score (nSPS) is 12.4. The van der Waals surface area contributed by atoms with Gasteiger partial charge in [-0.1, -0.05) is 37.3 Å². The minimum Gasteiger partial charge on any atom is -0.271 e. The molecule has 1 heterocycles. The molecule has 0 fully saturated rings. The topological polar surface area (TPSA) is 50.9 Å². The van der Waals surface area contributed by atoms with Crippen LogP contribution in [0.5, 0.6) is 0 Å². The molecule has 1 atom stereocenters. The molecule has 1 unspecified atom stereocenters. The Morgan fingerprint density at radius 1 is 1.11 bits per heavy atom. The van der Waals surface area contributed by atoms with Crippen molar-refractivity contribution in [2.75, 3.05) is 0 Å². The lowest BCUT2D eigenvalue weighted by Gasteiger charge is -2.16. The van der Waals surface area contributed by atoms with E-state index in [0.717, 1.165) is 24.1 Å². The van der Waals surface area contributed by atoms with Gasteiger partial charge in [0.05, 0.1) is 6.04 Å². The Morgan fingerprint density at radius 3 is 2.32 bits per heavy atom. The van der Waals surface area contributed by atoms with Crippen LogP contribution in [0.2, 0.25) is 0 Å². The van der Waals surface area contributed by atoms with Gasteiger partial charge in [0.1, 0.15) is 0 Å². The number of pyridine rings is 1. The number of hydrogen-bond acceptors (Lipinski definition) is 3. The van der Waals surface area contributed by atoms with E-state index in [9.17, 15) is 0 Å². The fourth-order valence-corrected chi connectivity index (χ4v) is 2.11. The highest BCUT2D eigenvalue weighted by atomic mass is 15.2. The molecule has 3 heteroatoms. The van der Waals surface area contributed by atoms with Crippen molar-refractivity contribution in [3.8, 4) is 0 Å². The molecule has 0 aliphatic heterocycles. The zero-order valence-electron chi connectivity index (χ0n) is 11.6. The molecule has 0 saturated carbocycles. The van der Waals surface area contributed by atoms with Gasteiger partial charge in [-0.15, -0.1) is 0 Å². The minimum atomic E-state index is 0.0978. The van der Waals surface area contributed by atoms with Crippen molar-refractivity contribution >= 4 is 0 Å². The first kappa shape index (κ1) is 13.7. The lowest BCUT2D eigenvalue weighted by molar-refractivity contribution is 0.550. The Morgan fingerprint density at radius 2 is 1.79 bits per heavy atom. The molecule has 0 bridgehead atoms. The largest absolute Gasteiger partial charge is 0.271 e. The van der Waals surface area contributed by atoms with E-state index in [1.165, 1.54) is 11.1 Å². The van der Waals surface area contributed by atoms with Crippen LogP contribution in [0.25, 0.3) is 0 Å². The molecule has 3 N–H and O–H groups in total. The lowest BCUT2D eigenvalue weighted by atomic mass is 9.99. The number of nitrogens with two attached hydrogens (primary N) is 1. The average Bonchev–Trinajstić information content (AvgIpc) is 2.46. The van der Waals surface area contributed by atoms with Crippen LogP contribution >= 0.6 is 0 Å². The van der Waals surface area contributed by atoms with E-state index < -0.39 is 0 Å².